The van der Waals surface area contributed by atoms with E-state index in [1.54, 1.807) is 12.3 Å². The Morgan fingerprint density at radius 2 is 1.85 bits per heavy atom. The van der Waals surface area contributed by atoms with Gasteiger partial charge in [-0.15, -0.1) is 30.4 Å². The molecule has 0 amide bonds. The number of hydrogen-bond acceptors (Lipinski definition) is 4. The fourth-order valence-corrected chi connectivity index (χ4v) is 5.28. The average Bonchev–Trinajstić information content (AvgIpc) is 3.43. The van der Waals surface area contributed by atoms with Gasteiger partial charge in [0.2, 0.25) is 0 Å². The van der Waals surface area contributed by atoms with Gasteiger partial charge in [-0.05, 0) is 55.2 Å². The van der Waals surface area contributed by atoms with Gasteiger partial charge in [0, 0.05) is 54.1 Å². The summed E-state index contributed by atoms with van der Waals surface area (Å²) in [6.07, 6.45) is 18.4. The van der Waals surface area contributed by atoms with Crippen LogP contribution in [0.4, 0.5) is 0 Å². The number of allylic oxidation sites excluding steroid dienone is 4. The molecule has 0 bridgehead atoms. The Morgan fingerprint density at radius 3 is 2.62 bits per heavy atom. The largest absolute Gasteiger partial charge is 0.499 e. The molecule has 0 saturated heterocycles. The molecule has 40 heavy (non-hydrogen) atoms. The molecule has 0 aliphatic heterocycles. The van der Waals surface area contributed by atoms with Gasteiger partial charge in [0.15, 0.2) is 0 Å². The number of fused-ring (bicyclic) bond motifs is 3. The van der Waals surface area contributed by atoms with Crippen LogP contribution >= 0.6 is 0 Å². The Bertz CT molecular complexity index is 1930. The summed E-state index contributed by atoms with van der Waals surface area (Å²) in [6.45, 7) is -0.638. The second-order valence-electron chi connectivity index (χ2n) is 10.0. The van der Waals surface area contributed by atoms with Gasteiger partial charge in [-0.3, -0.25) is 4.98 Å². The summed E-state index contributed by atoms with van der Waals surface area (Å²) < 4.78 is 53.8. The summed E-state index contributed by atoms with van der Waals surface area (Å²) >= 11 is 0. The molecule has 2 aliphatic rings. The van der Waals surface area contributed by atoms with Crippen LogP contribution in [0, 0.1) is 26.3 Å². The third-order valence-corrected chi connectivity index (χ3v) is 7.28. The van der Waals surface area contributed by atoms with Crippen molar-refractivity contribution in [3.8, 4) is 11.3 Å². The van der Waals surface area contributed by atoms with Gasteiger partial charge in [0.1, 0.15) is 5.58 Å². The molecule has 1 radical (unpaired) electrons. The van der Waals surface area contributed by atoms with Crippen molar-refractivity contribution in [1.82, 2.24) is 15.0 Å². The van der Waals surface area contributed by atoms with Crippen molar-refractivity contribution in [3.05, 3.63) is 114 Å². The number of benzene rings is 1. The third kappa shape index (κ3) is 5.96. The van der Waals surface area contributed by atoms with Crippen LogP contribution in [0.15, 0.2) is 83.6 Å². The van der Waals surface area contributed by atoms with Crippen LogP contribution in [-0.2, 0) is 20.1 Å². The number of rotatable bonds is 3. The number of furan rings is 1. The van der Waals surface area contributed by atoms with Crippen LogP contribution in [0.25, 0.3) is 38.8 Å². The van der Waals surface area contributed by atoms with Crippen molar-refractivity contribution in [2.24, 2.45) is 0 Å². The van der Waals surface area contributed by atoms with Crippen LogP contribution in [0.1, 0.15) is 75.2 Å². The molecule has 0 unspecified atom stereocenters. The third-order valence-electron chi connectivity index (χ3n) is 7.28. The summed E-state index contributed by atoms with van der Waals surface area (Å²) in [5.41, 5.74) is 5.43. The van der Waals surface area contributed by atoms with E-state index in [2.05, 4.69) is 64.7 Å². The van der Waals surface area contributed by atoms with Gasteiger partial charge >= 0.3 is 0 Å². The summed E-state index contributed by atoms with van der Waals surface area (Å²) in [7, 11) is 0. The minimum atomic E-state index is -2.69. The molecule has 0 spiro atoms. The van der Waals surface area contributed by atoms with Crippen LogP contribution in [-0.4, -0.2) is 15.0 Å². The van der Waals surface area contributed by atoms with Crippen LogP contribution in [0.2, 0.25) is 0 Å². The predicted molar refractivity (Wildman–Crippen MR) is 159 cm³/mol. The van der Waals surface area contributed by atoms with E-state index in [1.807, 2.05) is 18.3 Å². The van der Waals surface area contributed by atoms with Crippen molar-refractivity contribution < 1.29 is 32.7 Å². The van der Waals surface area contributed by atoms with Crippen molar-refractivity contribution in [2.75, 3.05) is 0 Å². The van der Waals surface area contributed by atoms with Crippen molar-refractivity contribution >= 4 is 27.5 Å². The number of pyridine rings is 3. The van der Waals surface area contributed by atoms with Gasteiger partial charge in [0.25, 0.3) is 0 Å². The maximum atomic E-state index is 8.41. The van der Waals surface area contributed by atoms with Crippen molar-refractivity contribution in [1.29, 1.82) is 0 Å². The smallest absolute Gasteiger partial charge is 0.142 e. The molecule has 7 rings (SSSR count). The Kier molecular flexibility index (Phi) is 6.78. The summed E-state index contributed by atoms with van der Waals surface area (Å²) in [5, 5.41) is 1.72. The van der Waals surface area contributed by atoms with E-state index in [4.69, 9.17) is 12.6 Å². The molecular formula is C35H33IrN3O-2. The first kappa shape index (κ1) is 21.2. The molecule has 2 aliphatic carbocycles. The second-order valence-corrected chi connectivity index (χ2v) is 10.0. The van der Waals surface area contributed by atoms with Gasteiger partial charge in [-0.25, -0.2) is 0 Å². The minimum Gasteiger partial charge on any atom is -0.499 e. The van der Waals surface area contributed by atoms with Crippen LogP contribution in [0.5, 0.6) is 0 Å². The molecule has 1 saturated carbocycles. The molecule has 4 nitrogen and oxygen atoms in total. The molecule has 4 aromatic heterocycles. The maximum absolute atomic E-state index is 8.41. The first-order valence-electron chi connectivity index (χ1n) is 16.5. The van der Waals surface area contributed by atoms with Crippen LogP contribution in [0.3, 0.4) is 0 Å². The Morgan fingerprint density at radius 1 is 0.975 bits per heavy atom. The van der Waals surface area contributed by atoms with Gasteiger partial charge in [0.05, 0.1) is 15.4 Å². The average molecular weight is 710 g/mol. The van der Waals surface area contributed by atoms with Crippen molar-refractivity contribution in [2.45, 2.75) is 58.2 Å². The SMILES string of the molecule is Cc1ccc(C2=CC=CC[CH-]2)nc1.[2H]c1nc(-c2[c-]ccc3c2oc2c(C4CCCCC4)nccc23)c([2H])c([2H])c1C([2H])([2H])[2H].[Ir]. The Hall–Kier alpha value is -3.53. The minimum absolute atomic E-state index is 0. The van der Waals surface area contributed by atoms with Gasteiger partial charge < -0.3 is 14.4 Å². The quantitative estimate of drug-likeness (QED) is 0.176. The number of nitrogens with zero attached hydrogens (tertiary/aromatic N) is 3. The van der Waals surface area contributed by atoms with E-state index in [0.717, 1.165) is 41.4 Å². The normalized spacial score (nSPS) is 17.6. The molecule has 5 heteroatoms. The van der Waals surface area contributed by atoms with Crippen molar-refractivity contribution in [3.63, 3.8) is 0 Å². The monoisotopic (exact) mass is 710 g/mol. The number of aromatic nitrogens is 3. The molecule has 4 heterocycles. The molecular weight excluding hydrogens is 671 g/mol. The summed E-state index contributed by atoms with van der Waals surface area (Å²) in [4.78, 5) is 13.1. The zero-order chi connectivity index (χ0) is 31.7. The first-order valence-corrected chi connectivity index (χ1v) is 13.5. The van der Waals surface area contributed by atoms with E-state index in [9.17, 15) is 0 Å². The molecule has 0 atom stereocenters. The van der Waals surface area contributed by atoms with E-state index < -0.39 is 24.6 Å². The van der Waals surface area contributed by atoms with Gasteiger partial charge in [-0.1, -0.05) is 60.9 Å². The summed E-state index contributed by atoms with van der Waals surface area (Å²) in [6, 6.07) is 11.8. The fraction of sp³-hybridized carbons (Fsp3) is 0.257. The molecule has 1 aromatic carbocycles. The van der Waals surface area contributed by atoms with E-state index >= 15 is 0 Å². The fourth-order valence-electron chi connectivity index (χ4n) is 5.28. The number of hydrogen-bond donors (Lipinski definition) is 0. The Labute approximate surface area is 258 Å². The molecule has 205 valence electrons. The van der Waals surface area contributed by atoms with Gasteiger partial charge in [-0.2, -0.15) is 18.1 Å². The van der Waals surface area contributed by atoms with E-state index in [0.29, 0.717) is 22.6 Å². The molecule has 0 N–H and O–H groups in total. The standard InChI is InChI=1S/C23H21N2O.C12H12N.Ir/c1-15-10-11-20(25-14-15)19-9-5-8-17-18-12-13-24-21(23(18)26-22(17)19)16-6-3-2-4-7-16;1-10-7-8-12(13-9-10)11-5-3-2-4-6-11;/h5,8,10-14,16H,2-4,6-7H2,1H3;2-3,5-9H,4H2,1H3;/q2*-1;/i1D3,10D,11D,14D;;. The Balaban J connectivity index is 0.000000250. The summed E-state index contributed by atoms with van der Waals surface area (Å²) in [5.74, 6) is 0.337. The van der Waals surface area contributed by atoms with E-state index in [1.165, 1.54) is 30.4 Å². The topological polar surface area (TPSA) is 51.8 Å². The molecule has 1 fully saturated rings. The zero-order valence-electron chi connectivity index (χ0n) is 28.3. The second kappa shape index (κ2) is 12.8. The van der Waals surface area contributed by atoms with Crippen LogP contribution < -0.4 is 0 Å². The zero-order valence-corrected chi connectivity index (χ0v) is 24.6. The maximum Gasteiger partial charge on any atom is 0.142 e. The van der Waals surface area contributed by atoms with E-state index in [-0.39, 0.29) is 31.8 Å². The first-order chi connectivity index (χ1) is 21.6. The number of aryl methyl sites for hydroxylation is 1. The molecule has 5 aromatic rings. The predicted octanol–water partition coefficient (Wildman–Crippen LogP) is 9.13.